The van der Waals surface area contributed by atoms with Crippen molar-refractivity contribution in [1.29, 1.82) is 0 Å². The zero-order valence-electron chi connectivity index (χ0n) is 28.5. The van der Waals surface area contributed by atoms with E-state index < -0.39 is 29.1 Å². The number of carbonyl (C=O) groups is 2. The molecule has 0 saturated heterocycles. The van der Waals surface area contributed by atoms with Gasteiger partial charge in [0, 0.05) is 47.7 Å². The normalized spacial score (nSPS) is 16.9. The van der Waals surface area contributed by atoms with E-state index in [1.54, 1.807) is 95.7 Å². The van der Waals surface area contributed by atoms with Crippen LogP contribution in [0, 0.1) is 0 Å². The number of nitrogens with one attached hydrogen (secondary N) is 1. The van der Waals surface area contributed by atoms with Gasteiger partial charge in [-0.1, -0.05) is 29.4 Å². The zero-order chi connectivity index (χ0) is 35.4. The molecule has 2 atom stereocenters. The van der Waals surface area contributed by atoms with Crippen LogP contribution in [0.15, 0.2) is 76.8 Å². The molecule has 1 amide bonds. The molecular formula is C36H43N5O8. The number of aliphatic imine (C=N–C) groups is 1. The number of amides is 1. The number of hydrogen-bond acceptors (Lipinski definition) is 10. The second kappa shape index (κ2) is 16.7. The highest BCUT2D eigenvalue weighted by Crippen LogP contribution is 2.46. The Morgan fingerprint density at radius 3 is 2.47 bits per heavy atom. The maximum Gasteiger partial charge on any atom is 0.306 e. The average molecular weight is 674 g/mol. The Hall–Kier alpha value is -5.26. The Morgan fingerprint density at radius 2 is 1.80 bits per heavy atom. The van der Waals surface area contributed by atoms with Crippen molar-refractivity contribution in [3.05, 3.63) is 93.9 Å². The van der Waals surface area contributed by atoms with Gasteiger partial charge in [0.15, 0.2) is 11.6 Å². The Morgan fingerprint density at radius 1 is 1.06 bits per heavy atom. The number of hydrogen-bond donors (Lipinski definition) is 2. The number of benzene rings is 3. The monoisotopic (exact) mass is 673 g/mol. The molecule has 1 aliphatic rings. The molecule has 0 bridgehead atoms. The third kappa shape index (κ3) is 9.43. The number of rotatable bonds is 16. The molecule has 0 aromatic heterocycles. The van der Waals surface area contributed by atoms with Crippen LogP contribution in [0.3, 0.4) is 0 Å². The molecule has 0 radical (unpaired) electrons. The number of nitrogens with zero attached hydrogens (tertiary/aromatic N) is 4. The zero-order valence-corrected chi connectivity index (χ0v) is 28.5. The molecule has 0 aliphatic carbocycles. The molecule has 1 heterocycles. The van der Waals surface area contributed by atoms with Crippen molar-refractivity contribution in [3.63, 3.8) is 0 Å². The van der Waals surface area contributed by atoms with Gasteiger partial charge >= 0.3 is 5.97 Å². The minimum atomic E-state index is -1.66. The van der Waals surface area contributed by atoms with Crippen LogP contribution in [0.5, 0.6) is 17.2 Å². The van der Waals surface area contributed by atoms with Gasteiger partial charge in [0.1, 0.15) is 22.8 Å². The van der Waals surface area contributed by atoms with Crippen molar-refractivity contribution < 1.29 is 38.4 Å². The van der Waals surface area contributed by atoms with Gasteiger partial charge in [0.2, 0.25) is 5.90 Å². The first-order chi connectivity index (χ1) is 23.5. The molecule has 2 N–H and O–H groups in total. The van der Waals surface area contributed by atoms with E-state index in [0.717, 1.165) is 5.56 Å². The second-order valence-corrected chi connectivity index (χ2v) is 12.3. The van der Waals surface area contributed by atoms with Crippen LogP contribution in [0.4, 0.5) is 5.69 Å². The molecule has 1 aliphatic heterocycles. The molecule has 260 valence electrons. The fourth-order valence-electron chi connectivity index (χ4n) is 5.42. The van der Waals surface area contributed by atoms with Crippen molar-refractivity contribution in [2.24, 2.45) is 10.1 Å². The third-order valence-corrected chi connectivity index (χ3v) is 7.70. The minimum Gasteiger partial charge on any atom is -0.497 e. The summed E-state index contributed by atoms with van der Waals surface area (Å²) >= 11 is 0. The van der Waals surface area contributed by atoms with Crippen LogP contribution >= 0.6 is 0 Å². The van der Waals surface area contributed by atoms with Crippen LogP contribution in [0.25, 0.3) is 10.4 Å². The number of azide groups is 1. The molecule has 4 rings (SSSR count). The summed E-state index contributed by atoms with van der Waals surface area (Å²) < 4.78 is 28.7. The first kappa shape index (κ1) is 36.6. The lowest BCUT2D eigenvalue weighted by Gasteiger charge is -2.31. The predicted octanol–water partition coefficient (Wildman–Crippen LogP) is 6.14. The molecule has 13 heteroatoms. The maximum absolute atomic E-state index is 14.5. The summed E-state index contributed by atoms with van der Waals surface area (Å²) in [4.78, 5) is 35.5. The number of aliphatic hydroxyl groups is 1. The summed E-state index contributed by atoms with van der Waals surface area (Å²) in [6.07, 6.45) is -0.393. The van der Waals surface area contributed by atoms with Crippen molar-refractivity contribution in [3.8, 4) is 17.2 Å². The van der Waals surface area contributed by atoms with Gasteiger partial charge < -0.3 is 34.1 Å². The van der Waals surface area contributed by atoms with E-state index >= 15 is 0 Å². The van der Waals surface area contributed by atoms with E-state index in [9.17, 15) is 15.1 Å². The van der Waals surface area contributed by atoms with Crippen LogP contribution in [0.2, 0.25) is 0 Å². The molecule has 49 heavy (non-hydrogen) atoms. The van der Waals surface area contributed by atoms with Crippen LogP contribution in [-0.4, -0.2) is 68.0 Å². The first-order valence-corrected chi connectivity index (χ1v) is 16.0. The summed E-state index contributed by atoms with van der Waals surface area (Å²) in [5.41, 5.74) is 9.02. The highest BCUT2D eigenvalue weighted by atomic mass is 16.6. The van der Waals surface area contributed by atoms with Crippen LogP contribution < -0.4 is 19.5 Å². The van der Waals surface area contributed by atoms with Gasteiger partial charge in [-0.2, -0.15) is 0 Å². The Bertz CT molecular complexity index is 1680. The van der Waals surface area contributed by atoms with Crippen molar-refractivity contribution in [1.82, 2.24) is 5.32 Å². The minimum absolute atomic E-state index is 0.0158. The smallest absolute Gasteiger partial charge is 0.306 e. The van der Waals surface area contributed by atoms with Gasteiger partial charge in [0.05, 0.1) is 20.8 Å². The van der Waals surface area contributed by atoms with Crippen molar-refractivity contribution >= 4 is 23.5 Å². The third-order valence-electron chi connectivity index (χ3n) is 7.70. The van der Waals surface area contributed by atoms with Crippen molar-refractivity contribution in [2.75, 3.05) is 34.0 Å². The summed E-state index contributed by atoms with van der Waals surface area (Å²) in [5, 5.41) is 16.0. The molecule has 0 fully saturated rings. The van der Waals surface area contributed by atoms with E-state index in [4.69, 9.17) is 33.8 Å². The fraction of sp³-hybridized carbons (Fsp3) is 0.417. The lowest BCUT2D eigenvalue weighted by atomic mass is 9.82. The average Bonchev–Trinajstić information content (AvgIpc) is 3.48. The van der Waals surface area contributed by atoms with E-state index in [1.165, 1.54) is 0 Å². The number of esters is 1. The summed E-state index contributed by atoms with van der Waals surface area (Å²) in [7, 11) is 3.14. The summed E-state index contributed by atoms with van der Waals surface area (Å²) in [5.74, 6) is 1.05. The van der Waals surface area contributed by atoms with Gasteiger partial charge in [0.25, 0.3) is 5.91 Å². The Labute approximate surface area is 285 Å². The number of aliphatic hydroxyl groups excluding tert-OH is 1. The fourth-order valence-corrected chi connectivity index (χ4v) is 5.42. The van der Waals surface area contributed by atoms with Gasteiger partial charge in [-0.3, -0.25) is 9.59 Å². The van der Waals surface area contributed by atoms with E-state index in [1.807, 2.05) is 6.07 Å². The lowest BCUT2D eigenvalue weighted by molar-refractivity contribution is -0.155. The van der Waals surface area contributed by atoms with Crippen LogP contribution in [0.1, 0.15) is 62.8 Å². The molecule has 0 saturated carbocycles. The van der Waals surface area contributed by atoms with Gasteiger partial charge in [-0.05, 0) is 87.2 Å². The van der Waals surface area contributed by atoms with Gasteiger partial charge in [-0.25, -0.2) is 4.99 Å². The molecule has 3 aromatic carbocycles. The van der Waals surface area contributed by atoms with E-state index in [0.29, 0.717) is 47.8 Å². The highest BCUT2D eigenvalue weighted by molar-refractivity contribution is 6.01. The van der Waals surface area contributed by atoms with Gasteiger partial charge in [-0.15, -0.1) is 0 Å². The molecular weight excluding hydrogens is 630 g/mol. The molecule has 13 nitrogen and oxygen atoms in total. The maximum atomic E-state index is 14.5. The molecule has 0 unspecified atom stereocenters. The van der Waals surface area contributed by atoms with E-state index in [-0.39, 0.29) is 37.6 Å². The molecule has 3 aromatic rings. The second-order valence-electron chi connectivity index (χ2n) is 12.3. The topological polar surface area (TPSA) is 174 Å². The summed E-state index contributed by atoms with van der Waals surface area (Å²) in [6.45, 7) is 5.87. The largest absolute Gasteiger partial charge is 0.497 e. The SMILES string of the molecule is COc1ccc(OC)c(CCNC(=O)[C@]2(CCC(=O)OC(C)(C)C)N=C(c3ccc(OCCCO)cc3)O[C@@H]2c2ccccc2N=[N+]=[N-])c1. The van der Waals surface area contributed by atoms with Crippen LogP contribution in [-0.2, 0) is 25.5 Å². The Balaban J connectivity index is 1.75. The molecule has 0 spiro atoms. The first-order valence-electron chi connectivity index (χ1n) is 16.0. The standard InChI is InChI=1S/C36H43N5O8/c1-35(2,3)49-31(43)17-19-36(34(44)38-20-18-25-23-27(45-4)15-16-30(25)46-5)32(28-9-6-7-10-29(28)40-41-37)48-33(39-36)24-11-13-26(14-12-24)47-22-8-21-42/h6-7,9-16,23,32,42H,8,17-22H2,1-5H3,(H,38,44)/t32-,36-/m1/s1. The number of carbonyl (C=O) groups excluding carboxylic acids is 2. The predicted molar refractivity (Wildman–Crippen MR) is 183 cm³/mol. The van der Waals surface area contributed by atoms with E-state index in [2.05, 4.69) is 15.3 Å². The van der Waals surface area contributed by atoms with Crippen molar-refractivity contribution in [2.45, 2.75) is 63.7 Å². The Kier molecular flexibility index (Phi) is 12.5. The number of methoxy groups -OCH3 is 2. The highest BCUT2D eigenvalue weighted by Gasteiger charge is 2.53. The lowest BCUT2D eigenvalue weighted by Crippen LogP contribution is -2.49. The quantitative estimate of drug-likeness (QED) is 0.0599. The number of ether oxygens (including phenoxy) is 5. The summed E-state index contributed by atoms with van der Waals surface area (Å²) in [6, 6.07) is 19.2.